The number of amides is 1. The van der Waals surface area contributed by atoms with Crippen molar-refractivity contribution in [2.75, 3.05) is 13.2 Å². The Balaban J connectivity index is 1.78. The van der Waals surface area contributed by atoms with Crippen molar-refractivity contribution < 1.29 is 17.9 Å². The van der Waals surface area contributed by atoms with E-state index in [0.717, 1.165) is 5.56 Å². The standard InChI is InChI=1S/C20H26N2O4S/c1-16(2)22-27(24,25)19-11-6-10-18(14-19)20(23)21-12-7-13-26-15-17-8-4-3-5-9-17/h3-6,8-11,14,16,22H,7,12-13,15H2,1-2H3,(H,21,23). The molecule has 0 heterocycles. The van der Waals surface area contributed by atoms with Crippen molar-refractivity contribution in [2.45, 2.75) is 37.8 Å². The first-order chi connectivity index (χ1) is 12.9. The molecule has 0 saturated carbocycles. The van der Waals surface area contributed by atoms with E-state index in [1.807, 2.05) is 30.3 Å². The first-order valence-electron chi connectivity index (χ1n) is 8.91. The molecule has 27 heavy (non-hydrogen) atoms. The third kappa shape index (κ3) is 7.13. The number of ether oxygens (including phenoxy) is 1. The van der Waals surface area contributed by atoms with Crippen LogP contribution in [0.15, 0.2) is 59.5 Å². The van der Waals surface area contributed by atoms with E-state index in [9.17, 15) is 13.2 Å². The highest BCUT2D eigenvalue weighted by molar-refractivity contribution is 7.89. The van der Waals surface area contributed by atoms with Crippen molar-refractivity contribution in [1.82, 2.24) is 10.0 Å². The van der Waals surface area contributed by atoms with Gasteiger partial charge in [-0.25, -0.2) is 13.1 Å². The van der Waals surface area contributed by atoms with E-state index in [4.69, 9.17) is 4.74 Å². The second-order valence-corrected chi connectivity index (χ2v) is 8.17. The summed E-state index contributed by atoms with van der Waals surface area (Å²) in [5.41, 5.74) is 1.42. The van der Waals surface area contributed by atoms with Crippen LogP contribution in [0, 0.1) is 0 Å². The van der Waals surface area contributed by atoms with Crippen LogP contribution in [0.1, 0.15) is 36.2 Å². The minimum Gasteiger partial charge on any atom is -0.377 e. The summed E-state index contributed by atoms with van der Waals surface area (Å²) in [7, 11) is -3.62. The van der Waals surface area contributed by atoms with Crippen LogP contribution in [-0.2, 0) is 21.4 Å². The van der Waals surface area contributed by atoms with Gasteiger partial charge in [0.2, 0.25) is 10.0 Å². The zero-order valence-corrected chi connectivity index (χ0v) is 16.5. The van der Waals surface area contributed by atoms with Gasteiger partial charge in [-0.2, -0.15) is 0 Å². The van der Waals surface area contributed by atoms with E-state index < -0.39 is 10.0 Å². The third-order valence-corrected chi connectivity index (χ3v) is 5.32. The van der Waals surface area contributed by atoms with Crippen LogP contribution in [0.2, 0.25) is 0 Å². The second kappa shape index (κ2) is 10.2. The summed E-state index contributed by atoms with van der Waals surface area (Å²) >= 11 is 0. The third-order valence-electron chi connectivity index (χ3n) is 3.66. The molecule has 0 aromatic heterocycles. The zero-order chi connectivity index (χ0) is 19.7. The van der Waals surface area contributed by atoms with Gasteiger partial charge in [-0.1, -0.05) is 36.4 Å². The normalized spacial score (nSPS) is 11.5. The minimum atomic E-state index is -3.62. The molecule has 0 aliphatic heterocycles. The highest BCUT2D eigenvalue weighted by Gasteiger charge is 2.17. The van der Waals surface area contributed by atoms with Gasteiger partial charge in [-0.15, -0.1) is 0 Å². The smallest absolute Gasteiger partial charge is 0.251 e. The van der Waals surface area contributed by atoms with Crippen LogP contribution in [0.25, 0.3) is 0 Å². The zero-order valence-electron chi connectivity index (χ0n) is 15.6. The number of sulfonamides is 1. The summed E-state index contributed by atoms with van der Waals surface area (Å²) in [4.78, 5) is 12.3. The number of rotatable bonds is 10. The molecule has 2 rings (SSSR count). The molecule has 0 spiro atoms. The van der Waals surface area contributed by atoms with Gasteiger partial charge in [0.05, 0.1) is 11.5 Å². The van der Waals surface area contributed by atoms with Crippen LogP contribution in [-0.4, -0.2) is 33.5 Å². The maximum absolute atomic E-state index is 12.2. The highest BCUT2D eigenvalue weighted by Crippen LogP contribution is 2.12. The van der Waals surface area contributed by atoms with Gasteiger partial charge in [-0.05, 0) is 44.0 Å². The van der Waals surface area contributed by atoms with E-state index in [0.29, 0.717) is 31.7 Å². The molecule has 2 N–H and O–H groups in total. The molecule has 0 bridgehead atoms. The first kappa shape index (κ1) is 21.1. The number of nitrogens with one attached hydrogen (secondary N) is 2. The Bertz CT molecular complexity index is 836. The number of carbonyl (C=O) groups is 1. The molecule has 0 saturated heterocycles. The number of benzene rings is 2. The van der Waals surface area contributed by atoms with E-state index in [1.54, 1.807) is 26.0 Å². The molecule has 0 aliphatic carbocycles. The van der Waals surface area contributed by atoms with Crippen LogP contribution in [0.5, 0.6) is 0 Å². The Morgan fingerprint density at radius 1 is 1.07 bits per heavy atom. The molecule has 0 unspecified atom stereocenters. The molecule has 7 heteroatoms. The monoisotopic (exact) mass is 390 g/mol. The van der Waals surface area contributed by atoms with Crippen LogP contribution >= 0.6 is 0 Å². The molecular weight excluding hydrogens is 364 g/mol. The maximum atomic E-state index is 12.2. The molecule has 146 valence electrons. The van der Waals surface area contributed by atoms with Crippen LogP contribution < -0.4 is 10.0 Å². The fraction of sp³-hybridized carbons (Fsp3) is 0.350. The number of hydrogen-bond acceptors (Lipinski definition) is 4. The second-order valence-electron chi connectivity index (χ2n) is 6.45. The van der Waals surface area contributed by atoms with E-state index in [-0.39, 0.29) is 16.8 Å². The predicted octanol–water partition coefficient (Wildman–Crippen LogP) is 2.71. The summed E-state index contributed by atoms with van der Waals surface area (Å²) in [6.07, 6.45) is 0.672. The summed E-state index contributed by atoms with van der Waals surface area (Å²) in [6.45, 7) is 5.01. The van der Waals surface area contributed by atoms with Gasteiger partial charge in [0.25, 0.3) is 5.91 Å². The highest BCUT2D eigenvalue weighted by atomic mass is 32.2. The Morgan fingerprint density at radius 3 is 2.52 bits per heavy atom. The Kier molecular flexibility index (Phi) is 7.97. The number of hydrogen-bond donors (Lipinski definition) is 2. The van der Waals surface area contributed by atoms with Crippen LogP contribution in [0.3, 0.4) is 0 Å². The fourth-order valence-electron chi connectivity index (χ4n) is 2.43. The molecular formula is C20H26N2O4S. The van der Waals surface area contributed by atoms with E-state index in [2.05, 4.69) is 10.0 Å². The van der Waals surface area contributed by atoms with Crippen molar-refractivity contribution in [3.8, 4) is 0 Å². The van der Waals surface area contributed by atoms with Crippen molar-refractivity contribution in [2.24, 2.45) is 0 Å². The molecule has 2 aromatic carbocycles. The fourth-order valence-corrected chi connectivity index (χ4v) is 3.72. The van der Waals surface area contributed by atoms with Gasteiger partial charge in [0.15, 0.2) is 0 Å². The average molecular weight is 391 g/mol. The summed E-state index contributed by atoms with van der Waals surface area (Å²) in [5, 5.41) is 2.78. The largest absolute Gasteiger partial charge is 0.377 e. The lowest BCUT2D eigenvalue weighted by molar-refractivity contribution is 0.0934. The Morgan fingerprint density at radius 2 is 1.81 bits per heavy atom. The molecule has 0 fully saturated rings. The van der Waals surface area contributed by atoms with Gasteiger partial charge < -0.3 is 10.1 Å². The Labute approximate surface area is 161 Å². The molecule has 0 atom stereocenters. The van der Waals surface area contributed by atoms with E-state index in [1.165, 1.54) is 12.1 Å². The summed E-state index contributed by atoms with van der Waals surface area (Å²) in [6, 6.07) is 15.7. The minimum absolute atomic E-state index is 0.0787. The van der Waals surface area contributed by atoms with Gasteiger partial charge in [0, 0.05) is 24.8 Å². The number of carbonyl (C=O) groups excluding carboxylic acids is 1. The van der Waals surface area contributed by atoms with Gasteiger partial charge >= 0.3 is 0 Å². The van der Waals surface area contributed by atoms with Crippen molar-refractivity contribution in [3.05, 3.63) is 65.7 Å². The first-order valence-corrected chi connectivity index (χ1v) is 10.4. The predicted molar refractivity (Wildman–Crippen MR) is 105 cm³/mol. The quantitative estimate of drug-likeness (QED) is 0.611. The molecule has 1 amide bonds. The molecule has 0 aliphatic rings. The molecule has 0 radical (unpaired) electrons. The Hall–Kier alpha value is -2.22. The lowest BCUT2D eigenvalue weighted by Crippen LogP contribution is -2.30. The molecule has 6 nitrogen and oxygen atoms in total. The van der Waals surface area contributed by atoms with Crippen molar-refractivity contribution >= 4 is 15.9 Å². The van der Waals surface area contributed by atoms with Crippen molar-refractivity contribution in [3.63, 3.8) is 0 Å². The van der Waals surface area contributed by atoms with Crippen molar-refractivity contribution in [1.29, 1.82) is 0 Å². The van der Waals surface area contributed by atoms with Gasteiger partial charge in [-0.3, -0.25) is 4.79 Å². The topological polar surface area (TPSA) is 84.5 Å². The maximum Gasteiger partial charge on any atom is 0.251 e. The lowest BCUT2D eigenvalue weighted by atomic mass is 10.2. The summed E-state index contributed by atoms with van der Waals surface area (Å²) < 4.78 is 32.5. The van der Waals surface area contributed by atoms with E-state index >= 15 is 0 Å². The van der Waals surface area contributed by atoms with Crippen LogP contribution in [0.4, 0.5) is 0 Å². The van der Waals surface area contributed by atoms with Gasteiger partial charge in [0.1, 0.15) is 0 Å². The SMILES string of the molecule is CC(C)NS(=O)(=O)c1cccc(C(=O)NCCCOCc2ccccc2)c1. The average Bonchev–Trinajstić information content (AvgIpc) is 2.64. The molecule has 2 aromatic rings. The summed E-state index contributed by atoms with van der Waals surface area (Å²) in [5.74, 6) is -0.306. The lowest BCUT2D eigenvalue weighted by Gasteiger charge is -2.11.